The largest absolute Gasteiger partial charge is 0.463 e. The van der Waals surface area contributed by atoms with E-state index in [1.165, 1.54) is 6.92 Å². The van der Waals surface area contributed by atoms with Gasteiger partial charge in [0, 0.05) is 27.7 Å². The van der Waals surface area contributed by atoms with Crippen molar-refractivity contribution in [2.24, 2.45) is 0 Å². The van der Waals surface area contributed by atoms with Gasteiger partial charge in [0.1, 0.15) is 19.3 Å². The zero-order chi connectivity index (χ0) is 20.6. The summed E-state index contributed by atoms with van der Waals surface area (Å²) in [6, 6.07) is 0. The van der Waals surface area contributed by atoms with Crippen molar-refractivity contribution in [2.75, 3.05) is 13.2 Å². The second kappa shape index (κ2) is 10.5. The van der Waals surface area contributed by atoms with Gasteiger partial charge >= 0.3 is 23.9 Å². The predicted octanol–water partition coefficient (Wildman–Crippen LogP) is -0.281. The lowest BCUT2D eigenvalue weighted by Gasteiger charge is -2.43. The van der Waals surface area contributed by atoms with Crippen molar-refractivity contribution >= 4 is 23.9 Å². The Hall–Kier alpha value is -2.64. The van der Waals surface area contributed by atoms with E-state index in [9.17, 15) is 19.2 Å². The number of terminal acetylenes is 1. The average Bonchev–Trinajstić information content (AvgIpc) is 2.54. The molecule has 2 unspecified atom stereocenters. The van der Waals surface area contributed by atoms with Crippen molar-refractivity contribution in [3.63, 3.8) is 0 Å². The number of ether oxygens (including phenoxy) is 6. The van der Waals surface area contributed by atoms with Gasteiger partial charge in [-0.25, -0.2) is 0 Å². The first-order chi connectivity index (χ1) is 12.6. The van der Waals surface area contributed by atoms with Gasteiger partial charge < -0.3 is 28.4 Å². The topological polar surface area (TPSA) is 124 Å². The highest BCUT2D eigenvalue weighted by molar-refractivity contribution is 5.68. The molecule has 0 saturated carbocycles. The van der Waals surface area contributed by atoms with Crippen LogP contribution in [0.4, 0.5) is 0 Å². The second-order valence-electron chi connectivity index (χ2n) is 5.58. The van der Waals surface area contributed by atoms with E-state index in [4.69, 9.17) is 34.8 Å². The van der Waals surface area contributed by atoms with E-state index in [-0.39, 0.29) is 13.2 Å². The van der Waals surface area contributed by atoms with Crippen LogP contribution in [0.5, 0.6) is 0 Å². The van der Waals surface area contributed by atoms with Gasteiger partial charge in [0.05, 0.1) is 0 Å². The molecule has 1 aliphatic heterocycles. The van der Waals surface area contributed by atoms with Crippen LogP contribution in [-0.2, 0) is 47.6 Å². The van der Waals surface area contributed by atoms with E-state index in [2.05, 4.69) is 5.92 Å². The molecule has 0 N–H and O–H groups in total. The molecule has 0 aromatic carbocycles. The zero-order valence-electron chi connectivity index (χ0n) is 15.5. The zero-order valence-corrected chi connectivity index (χ0v) is 15.5. The van der Waals surface area contributed by atoms with Crippen molar-refractivity contribution in [1.82, 2.24) is 0 Å². The fraction of sp³-hybridized carbons (Fsp3) is 0.647. The lowest BCUT2D eigenvalue weighted by atomic mass is 9.98. The molecule has 0 bridgehead atoms. The first-order valence-corrected chi connectivity index (χ1v) is 8.01. The second-order valence-corrected chi connectivity index (χ2v) is 5.58. The summed E-state index contributed by atoms with van der Waals surface area (Å²) in [5, 5.41) is 0. The minimum absolute atomic E-state index is 0.201. The van der Waals surface area contributed by atoms with Crippen LogP contribution < -0.4 is 0 Å². The fourth-order valence-corrected chi connectivity index (χ4v) is 2.45. The maximum atomic E-state index is 11.6. The quantitative estimate of drug-likeness (QED) is 0.328. The Balaban J connectivity index is 3.25. The molecule has 27 heavy (non-hydrogen) atoms. The molecule has 5 atom stereocenters. The van der Waals surface area contributed by atoms with Crippen LogP contribution in [0, 0.1) is 12.3 Å². The number of hydrogen-bond acceptors (Lipinski definition) is 10. The monoisotopic (exact) mass is 386 g/mol. The molecular formula is C17H22O10. The predicted molar refractivity (Wildman–Crippen MR) is 86.7 cm³/mol. The molecule has 1 rings (SSSR count). The van der Waals surface area contributed by atoms with Crippen molar-refractivity contribution in [2.45, 2.75) is 58.4 Å². The Labute approximate surface area is 156 Å². The molecule has 0 amide bonds. The highest BCUT2D eigenvalue weighted by atomic mass is 16.7. The molecule has 0 spiro atoms. The molecule has 1 saturated heterocycles. The third-order valence-electron chi connectivity index (χ3n) is 3.28. The van der Waals surface area contributed by atoms with Gasteiger partial charge in [0.15, 0.2) is 24.6 Å². The molecule has 150 valence electrons. The molecule has 0 aromatic rings. The summed E-state index contributed by atoms with van der Waals surface area (Å²) in [4.78, 5) is 45.7. The normalized spacial score (nSPS) is 27.0. The molecular weight excluding hydrogens is 364 g/mol. The van der Waals surface area contributed by atoms with Gasteiger partial charge in [0.25, 0.3) is 0 Å². The van der Waals surface area contributed by atoms with Gasteiger partial charge in [-0.15, -0.1) is 6.42 Å². The third-order valence-corrected chi connectivity index (χ3v) is 3.28. The maximum absolute atomic E-state index is 11.6. The Morgan fingerprint density at radius 3 is 1.85 bits per heavy atom. The Bertz CT molecular complexity index is 607. The summed E-state index contributed by atoms with van der Waals surface area (Å²) in [7, 11) is 0. The molecule has 1 aliphatic rings. The SMILES string of the molecule is C#CCO[C@@H]1OC(COC(C)=O)[C@@H](OC(C)=O)[C@H](OC(C)=O)C1OC(C)=O. The summed E-state index contributed by atoms with van der Waals surface area (Å²) in [5.74, 6) is -0.519. The van der Waals surface area contributed by atoms with Crippen LogP contribution in [-0.4, -0.2) is 67.8 Å². The van der Waals surface area contributed by atoms with Gasteiger partial charge in [-0.2, -0.15) is 0 Å². The Morgan fingerprint density at radius 1 is 0.852 bits per heavy atom. The molecule has 10 nitrogen and oxygen atoms in total. The summed E-state index contributed by atoms with van der Waals surface area (Å²) in [6.45, 7) is 4.05. The number of rotatable bonds is 7. The third kappa shape index (κ3) is 7.24. The van der Waals surface area contributed by atoms with E-state index in [1.807, 2.05) is 0 Å². The van der Waals surface area contributed by atoms with Crippen molar-refractivity contribution < 1.29 is 47.6 Å². The summed E-state index contributed by atoms with van der Waals surface area (Å²) >= 11 is 0. The van der Waals surface area contributed by atoms with Crippen LogP contribution in [0.1, 0.15) is 27.7 Å². The highest BCUT2D eigenvalue weighted by Crippen LogP contribution is 2.29. The van der Waals surface area contributed by atoms with Gasteiger partial charge in [0.2, 0.25) is 0 Å². The molecule has 0 aromatic heterocycles. The van der Waals surface area contributed by atoms with Gasteiger partial charge in [-0.3, -0.25) is 19.2 Å². The van der Waals surface area contributed by atoms with E-state index in [1.54, 1.807) is 0 Å². The van der Waals surface area contributed by atoms with Crippen LogP contribution in [0.2, 0.25) is 0 Å². The van der Waals surface area contributed by atoms with Gasteiger partial charge in [-0.1, -0.05) is 5.92 Å². The summed E-state index contributed by atoms with van der Waals surface area (Å²) < 4.78 is 31.5. The van der Waals surface area contributed by atoms with E-state index >= 15 is 0 Å². The van der Waals surface area contributed by atoms with Crippen LogP contribution in [0.25, 0.3) is 0 Å². The van der Waals surface area contributed by atoms with E-state index < -0.39 is 54.6 Å². The summed E-state index contributed by atoms with van der Waals surface area (Å²) in [5.41, 5.74) is 0. The lowest BCUT2D eigenvalue weighted by Crippen LogP contribution is -2.62. The first kappa shape index (κ1) is 22.4. The molecule has 10 heteroatoms. The standard InChI is InChI=1S/C17H22O10/c1-6-7-22-17-16(26-12(5)21)15(25-11(4)20)14(24-10(3)19)13(27-17)8-23-9(2)18/h1,13-17H,7-8H2,2-5H3/t13?,14-,15+,16?,17-/m1/s1. The fourth-order valence-electron chi connectivity index (χ4n) is 2.45. The number of hydrogen-bond donors (Lipinski definition) is 0. The number of carbonyl (C=O) groups excluding carboxylic acids is 4. The lowest BCUT2D eigenvalue weighted by molar-refractivity contribution is -0.305. The average molecular weight is 386 g/mol. The van der Waals surface area contributed by atoms with Crippen LogP contribution in [0.15, 0.2) is 0 Å². The van der Waals surface area contributed by atoms with Crippen molar-refractivity contribution in [3.05, 3.63) is 0 Å². The minimum Gasteiger partial charge on any atom is -0.463 e. The van der Waals surface area contributed by atoms with E-state index in [0.717, 1.165) is 20.8 Å². The van der Waals surface area contributed by atoms with Crippen LogP contribution >= 0.6 is 0 Å². The Morgan fingerprint density at radius 2 is 1.37 bits per heavy atom. The summed E-state index contributed by atoms with van der Waals surface area (Å²) in [6.07, 6.45) is -0.894. The Kier molecular flexibility index (Phi) is 8.71. The maximum Gasteiger partial charge on any atom is 0.303 e. The van der Waals surface area contributed by atoms with Crippen LogP contribution in [0.3, 0.4) is 0 Å². The molecule has 0 radical (unpaired) electrons. The molecule has 1 fully saturated rings. The van der Waals surface area contributed by atoms with Crippen molar-refractivity contribution in [1.29, 1.82) is 0 Å². The van der Waals surface area contributed by atoms with Gasteiger partial charge in [-0.05, 0) is 0 Å². The highest BCUT2D eigenvalue weighted by Gasteiger charge is 2.52. The van der Waals surface area contributed by atoms with E-state index in [0.29, 0.717) is 0 Å². The van der Waals surface area contributed by atoms with Crippen molar-refractivity contribution in [3.8, 4) is 12.3 Å². The number of esters is 4. The molecule has 0 aliphatic carbocycles. The smallest absolute Gasteiger partial charge is 0.303 e. The molecule has 1 heterocycles. The first-order valence-electron chi connectivity index (χ1n) is 8.01. The minimum atomic E-state index is -1.27. The number of carbonyl (C=O) groups is 4.